The van der Waals surface area contributed by atoms with E-state index in [9.17, 15) is 13.2 Å². The Hall–Kier alpha value is -2.95. The summed E-state index contributed by atoms with van der Waals surface area (Å²) in [6.07, 6.45) is 3.24. The second kappa shape index (κ2) is 10.3. The minimum absolute atomic E-state index is 0.154. The van der Waals surface area contributed by atoms with Gasteiger partial charge in [0.15, 0.2) is 0 Å². The Kier molecular flexibility index (Phi) is 7.26. The number of thioether (sulfide) groups is 1. The number of piperazine rings is 1. The molecule has 2 aromatic heterocycles. The van der Waals surface area contributed by atoms with E-state index in [1.807, 2.05) is 43.3 Å². The van der Waals surface area contributed by atoms with Gasteiger partial charge in [-0.3, -0.25) is 4.79 Å². The number of carbonyl (C=O) groups excluding carboxylic acids is 1. The standard InChI is InChI=1S/C23H24N4O4S2/c1-18-16-20(25-31-18)17-32-22-21(8-5-10-24-22)23(28)26-11-13-27(14-12-26)33(29,30)15-9-19-6-3-2-4-7-19/h2-10,15-16H,11-14,17H2,1H3/b15-9+. The van der Waals surface area contributed by atoms with E-state index in [0.29, 0.717) is 29.4 Å². The number of pyridine rings is 1. The van der Waals surface area contributed by atoms with Crippen LogP contribution in [-0.2, 0) is 15.8 Å². The van der Waals surface area contributed by atoms with Crippen molar-refractivity contribution in [1.82, 2.24) is 19.3 Å². The summed E-state index contributed by atoms with van der Waals surface area (Å²) in [5, 5.41) is 5.81. The van der Waals surface area contributed by atoms with Gasteiger partial charge in [0.25, 0.3) is 5.91 Å². The number of rotatable bonds is 7. The average Bonchev–Trinajstić information content (AvgIpc) is 3.27. The lowest BCUT2D eigenvalue weighted by Crippen LogP contribution is -2.50. The van der Waals surface area contributed by atoms with Gasteiger partial charge in [-0.15, -0.1) is 0 Å². The SMILES string of the molecule is Cc1cc(CSc2ncccc2C(=O)N2CCN(S(=O)(=O)/C=C/c3ccccc3)CC2)no1. The van der Waals surface area contributed by atoms with Crippen molar-refractivity contribution in [2.24, 2.45) is 0 Å². The average molecular weight is 485 g/mol. The summed E-state index contributed by atoms with van der Waals surface area (Å²) in [5.41, 5.74) is 2.10. The maximum Gasteiger partial charge on any atom is 0.256 e. The van der Waals surface area contributed by atoms with Crippen LogP contribution in [0.15, 0.2) is 69.7 Å². The lowest BCUT2D eigenvalue weighted by atomic mass is 10.2. The number of benzene rings is 1. The number of hydrogen-bond donors (Lipinski definition) is 0. The van der Waals surface area contributed by atoms with Gasteiger partial charge in [-0.2, -0.15) is 4.31 Å². The molecule has 0 bridgehead atoms. The van der Waals surface area contributed by atoms with Crippen LogP contribution in [-0.4, -0.2) is 59.8 Å². The Bertz CT molecular complexity index is 1230. The zero-order valence-corrected chi connectivity index (χ0v) is 19.8. The van der Waals surface area contributed by atoms with Gasteiger partial charge >= 0.3 is 0 Å². The summed E-state index contributed by atoms with van der Waals surface area (Å²) in [6, 6.07) is 14.6. The highest BCUT2D eigenvalue weighted by molar-refractivity contribution is 7.98. The molecule has 0 saturated carbocycles. The van der Waals surface area contributed by atoms with Gasteiger partial charge in [-0.25, -0.2) is 13.4 Å². The largest absolute Gasteiger partial charge is 0.361 e. The van der Waals surface area contributed by atoms with Gasteiger partial charge in [-0.05, 0) is 30.7 Å². The summed E-state index contributed by atoms with van der Waals surface area (Å²) < 4.78 is 31.9. The predicted octanol–water partition coefficient (Wildman–Crippen LogP) is 3.43. The van der Waals surface area contributed by atoms with Crippen LogP contribution in [0, 0.1) is 6.92 Å². The lowest BCUT2D eigenvalue weighted by Gasteiger charge is -2.33. The van der Waals surface area contributed by atoms with E-state index in [0.717, 1.165) is 17.0 Å². The van der Waals surface area contributed by atoms with Crippen molar-refractivity contribution in [3.05, 3.63) is 82.7 Å². The molecule has 0 aliphatic carbocycles. The molecule has 8 nitrogen and oxygen atoms in total. The summed E-state index contributed by atoms with van der Waals surface area (Å²) in [5.74, 6) is 1.11. The number of hydrogen-bond acceptors (Lipinski definition) is 7. The second-order valence-electron chi connectivity index (χ2n) is 7.52. The first kappa shape index (κ1) is 23.2. The van der Waals surface area contributed by atoms with Gasteiger partial charge in [-0.1, -0.05) is 47.3 Å². The van der Waals surface area contributed by atoms with Crippen LogP contribution in [0.25, 0.3) is 6.08 Å². The third-order valence-electron chi connectivity index (χ3n) is 5.15. The summed E-state index contributed by atoms with van der Waals surface area (Å²) >= 11 is 1.42. The number of aryl methyl sites for hydroxylation is 1. The molecular formula is C23H24N4O4S2. The molecule has 3 aromatic rings. The van der Waals surface area contributed by atoms with Crippen molar-refractivity contribution in [3.63, 3.8) is 0 Å². The molecule has 0 radical (unpaired) electrons. The van der Waals surface area contributed by atoms with Crippen LogP contribution in [0.2, 0.25) is 0 Å². The Balaban J connectivity index is 1.38. The van der Waals surface area contributed by atoms with E-state index in [2.05, 4.69) is 10.1 Å². The number of carbonyl (C=O) groups is 1. The van der Waals surface area contributed by atoms with E-state index >= 15 is 0 Å². The third-order valence-corrected chi connectivity index (χ3v) is 7.76. The predicted molar refractivity (Wildman–Crippen MR) is 127 cm³/mol. The molecule has 1 aromatic carbocycles. The summed E-state index contributed by atoms with van der Waals surface area (Å²) in [4.78, 5) is 19.2. The molecule has 1 saturated heterocycles. The van der Waals surface area contributed by atoms with E-state index < -0.39 is 10.0 Å². The number of nitrogens with zero attached hydrogens (tertiary/aromatic N) is 4. The van der Waals surface area contributed by atoms with E-state index in [1.165, 1.54) is 21.5 Å². The van der Waals surface area contributed by atoms with E-state index in [1.54, 1.807) is 29.3 Å². The van der Waals surface area contributed by atoms with Crippen molar-refractivity contribution in [2.75, 3.05) is 26.2 Å². The first-order valence-electron chi connectivity index (χ1n) is 10.4. The molecular weight excluding hydrogens is 460 g/mol. The second-order valence-corrected chi connectivity index (χ2v) is 10.3. The van der Waals surface area contributed by atoms with Crippen molar-refractivity contribution in [3.8, 4) is 0 Å². The van der Waals surface area contributed by atoms with Crippen LogP contribution < -0.4 is 0 Å². The van der Waals surface area contributed by atoms with Crippen LogP contribution in [0.5, 0.6) is 0 Å². The van der Waals surface area contributed by atoms with Gasteiger partial charge < -0.3 is 9.42 Å². The van der Waals surface area contributed by atoms with Crippen LogP contribution in [0.1, 0.15) is 27.4 Å². The molecule has 0 N–H and O–H groups in total. The van der Waals surface area contributed by atoms with Gasteiger partial charge in [0, 0.05) is 49.6 Å². The maximum absolute atomic E-state index is 13.2. The fourth-order valence-electron chi connectivity index (χ4n) is 3.43. The molecule has 3 heterocycles. The molecule has 172 valence electrons. The van der Waals surface area contributed by atoms with Crippen LogP contribution in [0.3, 0.4) is 0 Å². The molecule has 4 rings (SSSR count). The molecule has 10 heteroatoms. The first-order chi connectivity index (χ1) is 15.9. The molecule has 0 atom stereocenters. The number of sulfonamides is 1. The zero-order chi connectivity index (χ0) is 23.3. The Labute approximate surface area is 197 Å². The zero-order valence-electron chi connectivity index (χ0n) is 18.1. The number of amides is 1. The fourth-order valence-corrected chi connectivity index (χ4v) is 5.47. The van der Waals surface area contributed by atoms with Gasteiger partial charge in [0.2, 0.25) is 10.0 Å². The van der Waals surface area contributed by atoms with Crippen molar-refractivity contribution < 1.29 is 17.7 Å². The highest BCUT2D eigenvalue weighted by atomic mass is 32.2. The normalized spacial score (nSPS) is 15.2. The quantitative estimate of drug-likeness (QED) is 0.474. The van der Waals surface area contributed by atoms with Crippen molar-refractivity contribution in [1.29, 1.82) is 0 Å². The first-order valence-corrected chi connectivity index (χ1v) is 12.9. The Morgan fingerprint density at radius 3 is 2.58 bits per heavy atom. The topological polar surface area (TPSA) is 96.6 Å². The molecule has 1 aliphatic heterocycles. The lowest BCUT2D eigenvalue weighted by molar-refractivity contribution is 0.0694. The van der Waals surface area contributed by atoms with Gasteiger partial charge in [0.1, 0.15) is 10.8 Å². The monoisotopic (exact) mass is 484 g/mol. The van der Waals surface area contributed by atoms with E-state index in [4.69, 9.17) is 4.52 Å². The molecule has 33 heavy (non-hydrogen) atoms. The minimum Gasteiger partial charge on any atom is -0.361 e. The highest BCUT2D eigenvalue weighted by Gasteiger charge is 2.29. The highest BCUT2D eigenvalue weighted by Crippen LogP contribution is 2.25. The Morgan fingerprint density at radius 2 is 1.88 bits per heavy atom. The van der Waals surface area contributed by atoms with Crippen LogP contribution >= 0.6 is 11.8 Å². The summed E-state index contributed by atoms with van der Waals surface area (Å²) in [6.45, 7) is 2.95. The molecule has 1 fully saturated rings. The maximum atomic E-state index is 13.2. The third kappa shape index (κ3) is 5.89. The van der Waals surface area contributed by atoms with Gasteiger partial charge in [0.05, 0.1) is 11.3 Å². The Morgan fingerprint density at radius 1 is 1.12 bits per heavy atom. The molecule has 0 spiro atoms. The smallest absolute Gasteiger partial charge is 0.256 e. The molecule has 1 amide bonds. The van der Waals surface area contributed by atoms with Crippen LogP contribution in [0.4, 0.5) is 0 Å². The molecule has 0 unspecified atom stereocenters. The minimum atomic E-state index is -3.56. The van der Waals surface area contributed by atoms with E-state index in [-0.39, 0.29) is 19.0 Å². The fraction of sp³-hybridized carbons (Fsp3) is 0.261. The number of aromatic nitrogens is 2. The molecule has 1 aliphatic rings. The van der Waals surface area contributed by atoms with Crippen molar-refractivity contribution in [2.45, 2.75) is 17.7 Å². The summed E-state index contributed by atoms with van der Waals surface area (Å²) in [7, 11) is -3.56. The van der Waals surface area contributed by atoms with Crippen molar-refractivity contribution >= 4 is 33.8 Å².